The fraction of sp³-hybridized carbons (Fsp3) is 0.571. The zero-order chi connectivity index (χ0) is 20.2. The molecule has 2 atom stereocenters. The molecule has 4 rings (SSSR count). The van der Waals surface area contributed by atoms with Crippen molar-refractivity contribution >= 4 is 17.5 Å². The Morgan fingerprint density at radius 2 is 1.93 bits per heavy atom. The molecular formula is C21H28N4O4. The van der Waals surface area contributed by atoms with E-state index in [0.717, 1.165) is 31.5 Å². The van der Waals surface area contributed by atoms with E-state index >= 15 is 0 Å². The van der Waals surface area contributed by atoms with Crippen LogP contribution >= 0.6 is 0 Å². The summed E-state index contributed by atoms with van der Waals surface area (Å²) in [4.78, 5) is 28.8. The Balaban J connectivity index is 1.56. The number of nitrogens with zero attached hydrogens (tertiary/aromatic N) is 3. The first-order chi connectivity index (χ1) is 14.1. The van der Waals surface area contributed by atoms with E-state index in [1.807, 2.05) is 35.2 Å². The molecule has 2 saturated heterocycles. The maximum Gasteiger partial charge on any atom is 0.270 e. The number of benzene rings is 1. The number of carbonyl (C=O) groups excluding carboxylic acids is 2. The van der Waals surface area contributed by atoms with Crippen LogP contribution in [0.1, 0.15) is 37.3 Å². The van der Waals surface area contributed by atoms with Crippen molar-refractivity contribution in [2.75, 3.05) is 32.8 Å². The van der Waals surface area contributed by atoms with Crippen molar-refractivity contribution in [2.24, 2.45) is 5.10 Å². The molecule has 29 heavy (non-hydrogen) atoms. The predicted molar refractivity (Wildman–Crippen MR) is 107 cm³/mol. The number of aliphatic hydroxyl groups is 1. The van der Waals surface area contributed by atoms with Crippen LogP contribution in [0.2, 0.25) is 0 Å². The fourth-order valence-corrected chi connectivity index (χ4v) is 4.31. The number of likely N-dealkylation sites (tertiary alicyclic amines) is 1. The van der Waals surface area contributed by atoms with Gasteiger partial charge in [0.25, 0.3) is 5.91 Å². The standard InChI is InChI=1S/C21H28N4O4/c26-16-8-10-24(11-9-16)14-18-20(15-4-2-1-3-5-15)25(12-13-29-18)21(28)17-6-7-19(27)23-22-17/h1-5,16,18,20,26H,6-14H2,(H,23,27)/t18-,20-/m0/s1. The minimum absolute atomic E-state index is 0.138. The number of rotatable bonds is 4. The molecule has 2 fully saturated rings. The Morgan fingerprint density at radius 1 is 1.17 bits per heavy atom. The Kier molecular flexibility index (Phi) is 6.22. The van der Waals surface area contributed by atoms with E-state index in [-0.39, 0.29) is 36.5 Å². The number of aliphatic hydroxyl groups excluding tert-OH is 1. The highest BCUT2D eigenvalue weighted by Crippen LogP contribution is 2.31. The molecule has 0 aromatic heterocycles. The number of amides is 2. The van der Waals surface area contributed by atoms with Crippen molar-refractivity contribution in [3.8, 4) is 0 Å². The zero-order valence-corrected chi connectivity index (χ0v) is 16.5. The van der Waals surface area contributed by atoms with Crippen LogP contribution < -0.4 is 5.43 Å². The van der Waals surface area contributed by atoms with Crippen LogP contribution in [-0.4, -0.2) is 77.4 Å². The second-order valence-corrected chi connectivity index (χ2v) is 7.89. The molecule has 3 aliphatic rings. The van der Waals surface area contributed by atoms with Gasteiger partial charge in [0.05, 0.1) is 24.9 Å². The van der Waals surface area contributed by atoms with Gasteiger partial charge in [-0.1, -0.05) is 30.3 Å². The second kappa shape index (κ2) is 9.02. The normalized spacial score (nSPS) is 26.7. The highest BCUT2D eigenvalue weighted by Gasteiger charge is 2.39. The summed E-state index contributed by atoms with van der Waals surface area (Å²) in [6.07, 6.45) is 1.79. The van der Waals surface area contributed by atoms with Crippen molar-refractivity contribution in [1.29, 1.82) is 0 Å². The lowest BCUT2D eigenvalue weighted by atomic mass is 9.95. The highest BCUT2D eigenvalue weighted by molar-refractivity contribution is 6.39. The van der Waals surface area contributed by atoms with Gasteiger partial charge in [-0.2, -0.15) is 5.10 Å². The van der Waals surface area contributed by atoms with Crippen LogP contribution in [0.15, 0.2) is 35.4 Å². The van der Waals surface area contributed by atoms with Crippen LogP contribution in [-0.2, 0) is 14.3 Å². The lowest BCUT2D eigenvalue weighted by Crippen LogP contribution is -2.54. The van der Waals surface area contributed by atoms with E-state index < -0.39 is 0 Å². The summed E-state index contributed by atoms with van der Waals surface area (Å²) in [7, 11) is 0. The average Bonchev–Trinajstić information content (AvgIpc) is 2.76. The van der Waals surface area contributed by atoms with Gasteiger partial charge in [-0.25, -0.2) is 5.43 Å². The molecule has 8 heteroatoms. The highest BCUT2D eigenvalue weighted by atomic mass is 16.5. The number of piperidine rings is 1. The average molecular weight is 400 g/mol. The van der Waals surface area contributed by atoms with E-state index in [1.54, 1.807) is 0 Å². The van der Waals surface area contributed by atoms with Gasteiger partial charge in [-0.05, 0) is 18.4 Å². The van der Waals surface area contributed by atoms with E-state index in [4.69, 9.17) is 4.74 Å². The molecule has 8 nitrogen and oxygen atoms in total. The summed E-state index contributed by atoms with van der Waals surface area (Å²) in [5.41, 5.74) is 3.85. The molecule has 3 aliphatic heterocycles. The summed E-state index contributed by atoms with van der Waals surface area (Å²) in [5, 5.41) is 13.8. The van der Waals surface area contributed by atoms with Crippen LogP contribution in [0.3, 0.4) is 0 Å². The SMILES string of the molecule is O=C1CCC(C(=O)N2CCO[C@@H](CN3CCC(O)CC3)[C@@H]2c2ccccc2)=NN1. The topological polar surface area (TPSA) is 94.5 Å². The van der Waals surface area contributed by atoms with Crippen LogP contribution in [0, 0.1) is 0 Å². The number of nitrogens with one attached hydrogen (secondary N) is 1. The largest absolute Gasteiger partial charge is 0.393 e. The first kappa shape index (κ1) is 20.0. The Hall–Kier alpha value is -2.29. The fourth-order valence-electron chi connectivity index (χ4n) is 4.31. The van der Waals surface area contributed by atoms with E-state index in [0.29, 0.717) is 31.8 Å². The third kappa shape index (κ3) is 4.66. The lowest BCUT2D eigenvalue weighted by Gasteiger charge is -2.44. The monoisotopic (exact) mass is 400 g/mol. The van der Waals surface area contributed by atoms with Crippen molar-refractivity contribution < 1.29 is 19.4 Å². The number of hydrazone groups is 1. The molecule has 0 unspecified atom stereocenters. The smallest absolute Gasteiger partial charge is 0.270 e. The van der Waals surface area contributed by atoms with E-state index in [2.05, 4.69) is 15.4 Å². The first-order valence-corrected chi connectivity index (χ1v) is 10.3. The number of hydrogen-bond acceptors (Lipinski definition) is 6. The van der Waals surface area contributed by atoms with Gasteiger partial charge >= 0.3 is 0 Å². The maximum absolute atomic E-state index is 13.3. The minimum Gasteiger partial charge on any atom is -0.393 e. The molecule has 0 radical (unpaired) electrons. The number of morpholine rings is 1. The quantitative estimate of drug-likeness (QED) is 0.775. The van der Waals surface area contributed by atoms with Gasteiger partial charge < -0.3 is 19.6 Å². The number of carbonyl (C=O) groups is 2. The summed E-state index contributed by atoms with van der Waals surface area (Å²) in [6, 6.07) is 9.73. The summed E-state index contributed by atoms with van der Waals surface area (Å²) in [6.45, 7) is 3.32. The third-order valence-corrected chi connectivity index (χ3v) is 5.90. The van der Waals surface area contributed by atoms with Gasteiger partial charge in [0.15, 0.2) is 0 Å². The van der Waals surface area contributed by atoms with Crippen molar-refractivity contribution in [2.45, 2.75) is 43.9 Å². The van der Waals surface area contributed by atoms with Gasteiger partial charge in [0.2, 0.25) is 5.91 Å². The molecular weight excluding hydrogens is 372 g/mol. The Morgan fingerprint density at radius 3 is 2.62 bits per heavy atom. The summed E-state index contributed by atoms with van der Waals surface area (Å²) < 4.78 is 6.15. The molecule has 3 heterocycles. The van der Waals surface area contributed by atoms with Crippen LogP contribution in [0.25, 0.3) is 0 Å². The zero-order valence-electron chi connectivity index (χ0n) is 16.5. The molecule has 156 valence electrons. The molecule has 1 aromatic rings. The van der Waals surface area contributed by atoms with Crippen molar-refractivity contribution in [3.05, 3.63) is 35.9 Å². The lowest BCUT2D eigenvalue weighted by molar-refractivity contribution is -0.142. The van der Waals surface area contributed by atoms with Gasteiger partial charge in [-0.15, -0.1) is 0 Å². The molecule has 0 bridgehead atoms. The van der Waals surface area contributed by atoms with Crippen LogP contribution in [0.4, 0.5) is 0 Å². The predicted octanol–water partition coefficient (Wildman–Crippen LogP) is 0.678. The van der Waals surface area contributed by atoms with Gasteiger partial charge in [-0.3, -0.25) is 9.59 Å². The van der Waals surface area contributed by atoms with Crippen LogP contribution in [0.5, 0.6) is 0 Å². The maximum atomic E-state index is 13.3. The van der Waals surface area contributed by atoms with E-state index in [9.17, 15) is 14.7 Å². The van der Waals surface area contributed by atoms with Crippen molar-refractivity contribution in [3.63, 3.8) is 0 Å². The second-order valence-electron chi connectivity index (χ2n) is 7.89. The van der Waals surface area contributed by atoms with Crippen molar-refractivity contribution in [1.82, 2.24) is 15.2 Å². The molecule has 0 aliphatic carbocycles. The Labute approximate surface area is 170 Å². The Bertz CT molecular complexity index is 761. The molecule has 2 amide bonds. The minimum atomic E-state index is -0.221. The number of hydrogen-bond donors (Lipinski definition) is 2. The van der Waals surface area contributed by atoms with E-state index in [1.165, 1.54) is 0 Å². The third-order valence-electron chi connectivity index (χ3n) is 5.90. The number of ether oxygens (including phenoxy) is 1. The summed E-state index contributed by atoms with van der Waals surface area (Å²) >= 11 is 0. The summed E-state index contributed by atoms with van der Waals surface area (Å²) in [5.74, 6) is -0.297. The van der Waals surface area contributed by atoms with Gasteiger partial charge in [0, 0.05) is 39.0 Å². The first-order valence-electron chi connectivity index (χ1n) is 10.3. The molecule has 2 N–H and O–H groups in total. The molecule has 1 aromatic carbocycles. The van der Waals surface area contributed by atoms with Gasteiger partial charge in [0.1, 0.15) is 5.71 Å². The molecule has 0 spiro atoms. The molecule has 0 saturated carbocycles.